The molecule has 27 heavy (non-hydrogen) atoms. The molecule has 1 aromatic carbocycles. The van der Waals surface area contributed by atoms with Crippen LogP contribution in [0.1, 0.15) is 26.7 Å². The Hall–Kier alpha value is -2.23. The third kappa shape index (κ3) is 7.49. The summed E-state index contributed by atoms with van der Waals surface area (Å²) in [5.41, 5.74) is 0.309. The topological polar surface area (TPSA) is 79.8 Å². The van der Waals surface area contributed by atoms with E-state index in [1.165, 1.54) is 23.9 Å². The number of amidine groups is 1. The predicted molar refractivity (Wildman–Crippen MR) is 97.7 cm³/mol. The fourth-order valence-electron chi connectivity index (χ4n) is 2.16. The summed E-state index contributed by atoms with van der Waals surface area (Å²) < 4.78 is 40.1. The van der Waals surface area contributed by atoms with Crippen molar-refractivity contribution in [2.75, 3.05) is 11.9 Å². The van der Waals surface area contributed by atoms with Crippen LogP contribution in [-0.4, -0.2) is 35.1 Å². The molecule has 2 amide bonds. The van der Waals surface area contributed by atoms with Gasteiger partial charge in [0.15, 0.2) is 5.17 Å². The van der Waals surface area contributed by atoms with Gasteiger partial charge < -0.3 is 15.4 Å². The van der Waals surface area contributed by atoms with E-state index in [2.05, 4.69) is 34.2 Å². The Kier molecular flexibility index (Phi) is 7.11. The normalized spacial score (nSPS) is 18.7. The molecule has 6 nitrogen and oxygen atoms in total. The second kappa shape index (κ2) is 9.12. The second-order valence-corrected chi connectivity index (χ2v) is 7.48. The summed E-state index contributed by atoms with van der Waals surface area (Å²) in [6.07, 6.45) is -3.94. The van der Waals surface area contributed by atoms with Crippen molar-refractivity contribution >= 4 is 34.4 Å². The number of aliphatic imine (C=N–C) groups is 1. The third-order valence-corrected chi connectivity index (χ3v) is 4.60. The molecule has 148 valence electrons. The van der Waals surface area contributed by atoms with Gasteiger partial charge in [-0.1, -0.05) is 25.6 Å². The number of hydrogen-bond acceptors (Lipinski definition) is 5. The van der Waals surface area contributed by atoms with Gasteiger partial charge in [-0.25, -0.2) is 0 Å². The third-order valence-electron chi connectivity index (χ3n) is 3.48. The van der Waals surface area contributed by atoms with Crippen molar-refractivity contribution in [3.63, 3.8) is 0 Å². The smallest absolute Gasteiger partial charge is 0.406 e. The van der Waals surface area contributed by atoms with Crippen LogP contribution in [0.2, 0.25) is 0 Å². The maximum absolute atomic E-state index is 12.1. The molecule has 1 saturated heterocycles. The van der Waals surface area contributed by atoms with E-state index in [-0.39, 0.29) is 18.1 Å². The second-order valence-electron chi connectivity index (χ2n) is 6.29. The number of nitrogens with zero attached hydrogens (tertiary/aromatic N) is 1. The lowest BCUT2D eigenvalue weighted by Gasteiger charge is -2.10. The van der Waals surface area contributed by atoms with Crippen molar-refractivity contribution < 1.29 is 27.5 Å². The average Bonchev–Trinajstić information content (AvgIpc) is 2.87. The van der Waals surface area contributed by atoms with E-state index >= 15 is 0 Å². The van der Waals surface area contributed by atoms with E-state index in [4.69, 9.17) is 0 Å². The van der Waals surface area contributed by atoms with E-state index in [9.17, 15) is 22.8 Å². The molecule has 0 bridgehead atoms. The highest BCUT2D eigenvalue weighted by atomic mass is 32.2. The number of halogens is 3. The minimum atomic E-state index is -4.77. The largest absolute Gasteiger partial charge is 0.573 e. The lowest BCUT2D eigenvalue weighted by molar-refractivity contribution is -0.274. The minimum Gasteiger partial charge on any atom is -0.406 e. The zero-order valence-corrected chi connectivity index (χ0v) is 15.6. The van der Waals surface area contributed by atoms with Gasteiger partial charge in [-0.2, -0.15) is 0 Å². The first-order valence-electron chi connectivity index (χ1n) is 8.30. The number of carbonyl (C=O) groups excluding carboxylic acids is 2. The number of rotatable bonds is 7. The summed E-state index contributed by atoms with van der Waals surface area (Å²) >= 11 is 1.20. The van der Waals surface area contributed by atoms with E-state index in [0.717, 1.165) is 18.6 Å². The van der Waals surface area contributed by atoms with Crippen LogP contribution in [0.5, 0.6) is 5.75 Å². The van der Waals surface area contributed by atoms with Gasteiger partial charge in [0.1, 0.15) is 11.0 Å². The summed E-state index contributed by atoms with van der Waals surface area (Å²) in [7, 11) is 0. The lowest BCUT2D eigenvalue weighted by atomic mass is 10.1. The van der Waals surface area contributed by atoms with Crippen molar-refractivity contribution in [3.05, 3.63) is 24.3 Å². The summed E-state index contributed by atoms with van der Waals surface area (Å²) in [5, 5.41) is 5.11. The van der Waals surface area contributed by atoms with E-state index < -0.39 is 17.5 Å². The van der Waals surface area contributed by atoms with Crippen molar-refractivity contribution in [2.24, 2.45) is 10.9 Å². The number of carbonyl (C=O) groups is 2. The molecule has 0 aliphatic carbocycles. The highest BCUT2D eigenvalue weighted by Gasteiger charge is 2.32. The predicted octanol–water partition coefficient (Wildman–Crippen LogP) is 3.55. The Morgan fingerprint density at radius 1 is 1.33 bits per heavy atom. The Morgan fingerprint density at radius 3 is 2.59 bits per heavy atom. The van der Waals surface area contributed by atoms with Gasteiger partial charge in [0, 0.05) is 18.7 Å². The summed E-state index contributed by atoms with van der Waals surface area (Å²) in [5.74, 6) is -0.581. The molecule has 1 aliphatic rings. The Balaban J connectivity index is 1.84. The summed E-state index contributed by atoms with van der Waals surface area (Å²) in [6, 6.07) is 4.78. The molecule has 0 saturated carbocycles. The minimum absolute atomic E-state index is 0.0689. The molecule has 0 aromatic heterocycles. The standard InChI is InChI=1S/C17H20F3N3O3S/c1-10(2)7-8-21-16-23-15(25)13(27-16)9-14(24)22-11-3-5-12(6-4-11)26-17(18,19)20/h3-6,10,13H,7-9H2,1-2H3,(H,22,24)(H,21,23,25)/t13-/m1/s1. The van der Waals surface area contributed by atoms with Gasteiger partial charge in [-0.05, 0) is 36.6 Å². The maximum atomic E-state index is 12.1. The number of hydrogen-bond donors (Lipinski definition) is 2. The number of anilines is 1. The average molecular weight is 403 g/mol. The number of benzene rings is 1. The van der Waals surface area contributed by atoms with Crippen molar-refractivity contribution in [1.29, 1.82) is 0 Å². The quantitative estimate of drug-likeness (QED) is 0.730. The van der Waals surface area contributed by atoms with E-state index in [1.807, 2.05) is 0 Å². The monoisotopic (exact) mass is 403 g/mol. The van der Waals surface area contributed by atoms with Gasteiger partial charge in [-0.3, -0.25) is 14.6 Å². The molecule has 0 unspecified atom stereocenters. The summed E-state index contributed by atoms with van der Waals surface area (Å²) in [4.78, 5) is 28.3. The van der Waals surface area contributed by atoms with Crippen LogP contribution in [-0.2, 0) is 9.59 Å². The lowest BCUT2D eigenvalue weighted by Crippen LogP contribution is -2.28. The SMILES string of the molecule is CC(C)CCN=C1NC(=O)[C@@H](CC(=O)Nc2ccc(OC(F)(F)F)cc2)S1. The molecule has 0 spiro atoms. The molecule has 1 aromatic rings. The van der Waals surface area contributed by atoms with Crippen LogP contribution < -0.4 is 15.4 Å². The van der Waals surface area contributed by atoms with Gasteiger partial charge in [-0.15, -0.1) is 13.2 Å². The van der Waals surface area contributed by atoms with E-state index in [1.54, 1.807) is 0 Å². The molecule has 0 radical (unpaired) electrons. The summed E-state index contributed by atoms with van der Waals surface area (Å²) in [6.45, 7) is 4.76. The Labute approximate surface area is 158 Å². The van der Waals surface area contributed by atoms with Crippen LogP contribution in [0, 0.1) is 5.92 Å². The fraction of sp³-hybridized carbons (Fsp3) is 0.471. The molecule has 1 fully saturated rings. The molecule has 1 aliphatic heterocycles. The van der Waals surface area contributed by atoms with Crippen LogP contribution >= 0.6 is 11.8 Å². The van der Waals surface area contributed by atoms with Crippen molar-refractivity contribution in [2.45, 2.75) is 38.3 Å². The van der Waals surface area contributed by atoms with Crippen LogP contribution in [0.25, 0.3) is 0 Å². The first-order valence-corrected chi connectivity index (χ1v) is 9.18. The van der Waals surface area contributed by atoms with Crippen LogP contribution in [0.3, 0.4) is 0 Å². The number of nitrogens with one attached hydrogen (secondary N) is 2. The number of amides is 2. The number of thioether (sulfide) groups is 1. The molecular weight excluding hydrogens is 383 g/mol. The van der Waals surface area contributed by atoms with Crippen LogP contribution in [0.15, 0.2) is 29.3 Å². The molecule has 1 atom stereocenters. The van der Waals surface area contributed by atoms with Crippen molar-refractivity contribution in [3.8, 4) is 5.75 Å². The van der Waals surface area contributed by atoms with Crippen LogP contribution in [0.4, 0.5) is 18.9 Å². The molecule has 1 heterocycles. The zero-order chi connectivity index (χ0) is 20.0. The van der Waals surface area contributed by atoms with Crippen molar-refractivity contribution in [1.82, 2.24) is 5.32 Å². The molecular formula is C17H20F3N3O3S. The molecule has 2 N–H and O–H groups in total. The first-order chi connectivity index (χ1) is 12.6. The number of alkyl halides is 3. The highest BCUT2D eigenvalue weighted by Crippen LogP contribution is 2.25. The van der Waals surface area contributed by atoms with Gasteiger partial charge in [0.25, 0.3) is 0 Å². The number of ether oxygens (including phenoxy) is 1. The van der Waals surface area contributed by atoms with E-state index in [0.29, 0.717) is 23.3 Å². The molecule has 10 heteroatoms. The highest BCUT2D eigenvalue weighted by molar-refractivity contribution is 8.15. The Bertz CT molecular complexity index is 706. The van der Waals surface area contributed by atoms with Gasteiger partial charge in [0.05, 0.1) is 0 Å². The fourth-order valence-corrected chi connectivity index (χ4v) is 3.15. The van der Waals surface area contributed by atoms with Gasteiger partial charge in [0.2, 0.25) is 11.8 Å². The van der Waals surface area contributed by atoms with Gasteiger partial charge >= 0.3 is 6.36 Å². The first kappa shape index (κ1) is 21.1. The molecule has 2 rings (SSSR count). The zero-order valence-electron chi connectivity index (χ0n) is 14.8. The maximum Gasteiger partial charge on any atom is 0.573 e. The Morgan fingerprint density at radius 2 is 2.00 bits per heavy atom.